The van der Waals surface area contributed by atoms with Crippen molar-refractivity contribution in [3.05, 3.63) is 57.5 Å². The summed E-state index contributed by atoms with van der Waals surface area (Å²) in [5.41, 5.74) is -0.847. The summed E-state index contributed by atoms with van der Waals surface area (Å²) >= 11 is 1.27. The molecule has 1 aliphatic rings. The van der Waals surface area contributed by atoms with Gasteiger partial charge in [-0.05, 0) is 42.7 Å². The first kappa shape index (κ1) is 21.6. The molecule has 1 fully saturated rings. The number of ketones is 1. The number of amides is 4. The number of rotatable bonds is 8. The first-order chi connectivity index (χ1) is 14.3. The second-order valence-corrected chi connectivity index (χ2v) is 8.18. The van der Waals surface area contributed by atoms with Gasteiger partial charge in [0.25, 0.3) is 5.91 Å². The first-order valence-corrected chi connectivity index (χ1v) is 10.3. The molecule has 1 saturated heterocycles. The van der Waals surface area contributed by atoms with Crippen molar-refractivity contribution in [2.24, 2.45) is 0 Å². The third kappa shape index (κ3) is 4.25. The van der Waals surface area contributed by atoms with Crippen molar-refractivity contribution in [1.29, 1.82) is 0 Å². The lowest BCUT2D eigenvalue weighted by Crippen LogP contribution is -2.43. The van der Waals surface area contributed by atoms with E-state index in [4.69, 9.17) is 0 Å². The molecule has 1 aliphatic heterocycles. The summed E-state index contributed by atoms with van der Waals surface area (Å²) in [6.07, 6.45) is 0.852. The fourth-order valence-electron chi connectivity index (χ4n) is 3.39. The summed E-state index contributed by atoms with van der Waals surface area (Å²) in [5.74, 6) is -1.44. The van der Waals surface area contributed by atoms with Crippen molar-refractivity contribution in [1.82, 2.24) is 15.5 Å². The number of halogens is 1. The molecule has 1 atom stereocenters. The van der Waals surface area contributed by atoms with Gasteiger partial charge in [-0.25, -0.2) is 9.18 Å². The van der Waals surface area contributed by atoms with Crippen LogP contribution in [0.3, 0.4) is 0 Å². The molecule has 0 spiro atoms. The van der Waals surface area contributed by atoms with Crippen LogP contribution in [0.25, 0.3) is 0 Å². The molecule has 0 bridgehead atoms. The van der Waals surface area contributed by atoms with Crippen molar-refractivity contribution < 1.29 is 23.6 Å². The molecule has 158 valence electrons. The third-order valence-electron chi connectivity index (χ3n) is 5.03. The zero-order valence-electron chi connectivity index (χ0n) is 16.7. The Morgan fingerprint density at radius 3 is 2.50 bits per heavy atom. The number of urea groups is 1. The molecule has 1 aromatic carbocycles. The minimum Gasteiger partial charge on any atom is -0.356 e. The number of nitrogens with zero attached hydrogens (tertiary/aromatic N) is 1. The monoisotopic (exact) mass is 431 g/mol. The molecule has 0 radical (unpaired) electrons. The number of Topliss-reactive ketones (excluding diaryl/α,β-unsaturated/α-hetero) is 1. The van der Waals surface area contributed by atoms with Gasteiger partial charge in [-0.2, -0.15) is 0 Å². The average Bonchev–Trinajstić information content (AvgIpc) is 3.27. The van der Waals surface area contributed by atoms with Gasteiger partial charge in [-0.3, -0.25) is 19.3 Å². The number of hydrogen-bond acceptors (Lipinski definition) is 5. The van der Waals surface area contributed by atoms with Crippen molar-refractivity contribution in [3.63, 3.8) is 0 Å². The maximum atomic E-state index is 13.3. The predicted octanol–water partition coefficient (Wildman–Crippen LogP) is 2.61. The Bertz CT molecular complexity index is 988. The minimum absolute atomic E-state index is 0.123. The van der Waals surface area contributed by atoms with E-state index in [-0.39, 0.29) is 24.7 Å². The molecular weight excluding hydrogens is 409 g/mol. The van der Waals surface area contributed by atoms with Crippen LogP contribution in [0.5, 0.6) is 0 Å². The van der Waals surface area contributed by atoms with Crippen LogP contribution in [0.4, 0.5) is 9.18 Å². The predicted molar refractivity (Wildman–Crippen MR) is 110 cm³/mol. The van der Waals surface area contributed by atoms with E-state index in [2.05, 4.69) is 10.6 Å². The third-order valence-corrected chi connectivity index (χ3v) is 6.21. The molecule has 7 nitrogen and oxygen atoms in total. The Balaban J connectivity index is 1.72. The first-order valence-electron chi connectivity index (χ1n) is 9.53. The van der Waals surface area contributed by atoms with Gasteiger partial charge in [-0.1, -0.05) is 19.1 Å². The second kappa shape index (κ2) is 8.74. The number of carbonyl (C=O) groups excluding carboxylic acids is 4. The number of carbonyl (C=O) groups is 4. The molecule has 9 heteroatoms. The summed E-state index contributed by atoms with van der Waals surface area (Å²) in [4.78, 5) is 51.5. The highest BCUT2D eigenvalue weighted by Gasteiger charge is 2.51. The smallest absolute Gasteiger partial charge is 0.325 e. The Kier molecular flexibility index (Phi) is 6.31. The van der Waals surface area contributed by atoms with Crippen LogP contribution in [-0.2, 0) is 21.5 Å². The highest BCUT2D eigenvalue weighted by Crippen LogP contribution is 2.33. The quantitative estimate of drug-likeness (QED) is 0.496. The van der Waals surface area contributed by atoms with Gasteiger partial charge in [-0.15, -0.1) is 11.3 Å². The van der Waals surface area contributed by atoms with E-state index in [0.717, 1.165) is 9.78 Å². The van der Waals surface area contributed by atoms with Crippen molar-refractivity contribution >= 4 is 35.0 Å². The highest BCUT2D eigenvalue weighted by atomic mass is 32.1. The standard InChI is InChI=1S/C21H22FN3O4S/c1-3-21(14-4-6-15(22)7-5-14)19(28)25(20(29)24-21)12-17(27)18-9-8-16(30-18)10-11-23-13(2)26/h4-9H,3,10-12H2,1-2H3,(H,23,26)(H,24,29). The maximum absolute atomic E-state index is 13.3. The molecule has 2 aromatic rings. The second-order valence-electron chi connectivity index (χ2n) is 7.01. The summed E-state index contributed by atoms with van der Waals surface area (Å²) < 4.78 is 13.3. The van der Waals surface area contributed by atoms with Crippen LogP contribution >= 0.6 is 11.3 Å². The van der Waals surface area contributed by atoms with E-state index < -0.39 is 23.3 Å². The van der Waals surface area contributed by atoms with E-state index >= 15 is 0 Å². The van der Waals surface area contributed by atoms with E-state index in [1.807, 2.05) is 0 Å². The molecule has 1 aromatic heterocycles. The topological polar surface area (TPSA) is 95.6 Å². The van der Waals surface area contributed by atoms with Crippen LogP contribution in [0.1, 0.15) is 40.4 Å². The molecule has 3 rings (SSSR count). The van der Waals surface area contributed by atoms with Crippen LogP contribution in [0.15, 0.2) is 36.4 Å². The van der Waals surface area contributed by atoms with E-state index in [1.165, 1.54) is 42.5 Å². The van der Waals surface area contributed by atoms with E-state index in [0.29, 0.717) is 23.4 Å². The Morgan fingerprint density at radius 1 is 1.17 bits per heavy atom. The zero-order valence-corrected chi connectivity index (χ0v) is 17.5. The van der Waals surface area contributed by atoms with Gasteiger partial charge in [0.05, 0.1) is 11.4 Å². The molecule has 0 aliphatic carbocycles. The Morgan fingerprint density at radius 2 is 1.87 bits per heavy atom. The number of thiophene rings is 1. The SMILES string of the molecule is CCC1(c2ccc(F)cc2)NC(=O)N(CC(=O)c2ccc(CCNC(C)=O)s2)C1=O. The van der Waals surface area contributed by atoms with Crippen LogP contribution < -0.4 is 10.6 Å². The molecule has 30 heavy (non-hydrogen) atoms. The lowest BCUT2D eigenvalue weighted by atomic mass is 9.87. The maximum Gasteiger partial charge on any atom is 0.325 e. The van der Waals surface area contributed by atoms with Gasteiger partial charge in [0, 0.05) is 18.3 Å². The summed E-state index contributed by atoms with van der Waals surface area (Å²) in [6.45, 7) is 3.27. The van der Waals surface area contributed by atoms with Gasteiger partial charge < -0.3 is 10.6 Å². The largest absolute Gasteiger partial charge is 0.356 e. The minimum atomic E-state index is -1.32. The molecule has 1 unspecified atom stereocenters. The summed E-state index contributed by atoms with van der Waals surface area (Å²) in [6, 6.07) is 8.18. The van der Waals surface area contributed by atoms with Crippen LogP contribution in [0.2, 0.25) is 0 Å². The molecule has 2 N–H and O–H groups in total. The van der Waals surface area contributed by atoms with Gasteiger partial charge >= 0.3 is 6.03 Å². The molecule has 2 heterocycles. The normalized spacial score (nSPS) is 18.4. The summed E-state index contributed by atoms with van der Waals surface area (Å²) in [5, 5.41) is 5.37. The number of hydrogen-bond donors (Lipinski definition) is 2. The molecule has 0 saturated carbocycles. The highest BCUT2D eigenvalue weighted by molar-refractivity contribution is 7.14. The number of nitrogens with one attached hydrogen (secondary N) is 2. The molecule has 4 amide bonds. The average molecular weight is 431 g/mol. The fourth-order valence-corrected chi connectivity index (χ4v) is 4.33. The number of benzene rings is 1. The van der Waals surface area contributed by atoms with Gasteiger partial charge in [0.15, 0.2) is 5.78 Å². The van der Waals surface area contributed by atoms with Gasteiger partial charge in [0.1, 0.15) is 11.4 Å². The van der Waals surface area contributed by atoms with Crippen LogP contribution in [0, 0.1) is 5.82 Å². The fraction of sp³-hybridized carbons (Fsp3) is 0.333. The van der Waals surface area contributed by atoms with Gasteiger partial charge in [0.2, 0.25) is 5.91 Å². The van der Waals surface area contributed by atoms with Crippen molar-refractivity contribution in [2.45, 2.75) is 32.2 Å². The molecular formula is C21H22FN3O4S. The van der Waals surface area contributed by atoms with E-state index in [1.54, 1.807) is 19.1 Å². The Labute approximate surface area is 177 Å². The lowest BCUT2D eigenvalue weighted by Gasteiger charge is -2.25. The van der Waals surface area contributed by atoms with E-state index in [9.17, 15) is 23.6 Å². The number of imide groups is 1. The zero-order chi connectivity index (χ0) is 21.9. The van der Waals surface area contributed by atoms with Crippen LogP contribution in [-0.4, -0.2) is 41.6 Å². The van der Waals surface area contributed by atoms with Crippen molar-refractivity contribution in [2.75, 3.05) is 13.1 Å². The lowest BCUT2D eigenvalue weighted by molar-refractivity contribution is -0.131. The summed E-state index contributed by atoms with van der Waals surface area (Å²) in [7, 11) is 0. The Hall–Kier alpha value is -3.07. The van der Waals surface area contributed by atoms with Crippen molar-refractivity contribution in [3.8, 4) is 0 Å².